The molecule has 0 aromatic heterocycles. The zero-order valence-corrected chi connectivity index (χ0v) is 14.2. The van der Waals surface area contributed by atoms with Crippen molar-refractivity contribution in [2.24, 2.45) is 0 Å². The van der Waals surface area contributed by atoms with Gasteiger partial charge in [0.2, 0.25) is 0 Å². The number of esters is 1. The number of halogens is 1. The zero-order chi connectivity index (χ0) is 15.9. The summed E-state index contributed by atoms with van der Waals surface area (Å²) in [5, 5.41) is 0.751. The molecule has 0 spiro atoms. The maximum atomic E-state index is 12.3. The predicted octanol–water partition coefficient (Wildman–Crippen LogP) is 2.80. The average Bonchev–Trinajstić information content (AvgIpc) is 2.51. The molecule has 4 nitrogen and oxygen atoms in total. The van der Waals surface area contributed by atoms with Gasteiger partial charge in [-0.3, -0.25) is 14.6 Å². The molecule has 22 heavy (non-hydrogen) atoms. The maximum Gasteiger partial charge on any atom is 0.324 e. The molecule has 0 bridgehead atoms. The fourth-order valence-electron chi connectivity index (χ4n) is 2.89. The highest BCUT2D eigenvalue weighted by atomic mass is 35.5. The van der Waals surface area contributed by atoms with E-state index in [2.05, 4.69) is 16.7 Å². The molecule has 1 aliphatic heterocycles. The Morgan fingerprint density at radius 3 is 2.77 bits per heavy atom. The van der Waals surface area contributed by atoms with Gasteiger partial charge < -0.3 is 4.74 Å². The molecule has 2 rings (SSSR count). The summed E-state index contributed by atoms with van der Waals surface area (Å²) in [5.41, 5.74) is 1.06. The van der Waals surface area contributed by atoms with Crippen molar-refractivity contribution >= 4 is 17.6 Å². The number of hydrogen-bond donors (Lipinski definition) is 0. The molecular weight excluding hydrogens is 300 g/mol. The Kier molecular flexibility index (Phi) is 6.68. The first kappa shape index (κ1) is 17.3. The van der Waals surface area contributed by atoms with Crippen LogP contribution in [0.1, 0.15) is 25.8 Å². The number of nitrogens with zero attached hydrogens (tertiary/aromatic N) is 2. The summed E-state index contributed by atoms with van der Waals surface area (Å²) in [5.74, 6) is -0.129. The predicted molar refractivity (Wildman–Crippen MR) is 89.0 cm³/mol. The first-order chi connectivity index (χ1) is 10.7. The minimum atomic E-state index is -0.212. The molecule has 1 aromatic rings. The summed E-state index contributed by atoms with van der Waals surface area (Å²) in [6.45, 7) is 8.71. The van der Waals surface area contributed by atoms with E-state index in [-0.39, 0.29) is 12.0 Å². The number of benzene rings is 1. The smallest absolute Gasteiger partial charge is 0.324 e. The van der Waals surface area contributed by atoms with Gasteiger partial charge in [0.15, 0.2) is 0 Å². The van der Waals surface area contributed by atoms with Crippen molar-refractivity contribution < 1.29 is 9.53 Å². The van der Waals surface area contributed by atoms with Gasteiger partial charge in [0.25, 0.3) is 0 Å². The lowest BCUT2D eigenvalue weighted by Gasteiger charge is -2.40. The van der Waals surface area contributed by atoms with Crippen LogP contribution in [0.2, 0.25) is 5.02 Å². The molecule has 1 heterocycles. The van der Waals surface area contributed by atoms with E-state index in [9.17, 15) is 4.79 Å². The molecule has 5 heteroatoms. The molecule has 1 aliphatic rings. The van der Waals surface area contributed by atoms with Gasteiger partial charge in [-0.15, -0.1) is 0 Å². The number of piperazine rings is 1. The molecule has 122 valence electrons. The second-order valence-corrected chi connectivity index (χ2v) is 6.04. The topological polar surface area (TPSA) is 32.8 Å². The lowest BCUT2D eigenvalue weighted by molar-refractivity contribution is -0.152. The number of carbonyl (C=O) groups is 1. The van der Waals surface area contributed by atoms with Crippen LogP contribution in [-0.2, 0) is 16.1 Å². The number of carbonyl (C=O) groups excluding carboxylic acids is 1. The van der Waals surface area contributed by atoms with E-state index < -0.39 is 0 Å². The molecule has 0 radical (unpaired) electrons. The van der Waals surface area contributed by atoms with Crippen molar-refractivity contribution in [1.82, 2.24) is 9.80 Å². The molecule has 1 atom stereocenters. The van der Waals surface area contributed by atoms with Crippen LogP contribution in [0, 0.1) is 0 Å². The highest BCUT2D eigenvalue weighted by Gasteiger charge is 2.33. The lowest BCUT2D eigenvalue weighted by atomic mass is 10.1. The standard InChI is InChI=1S/C17H25ClN2O2/c1-3-9-19-10-11-20(16(13-19)17(21)22-4-2)12-14-7-5-6-8-15(14)18/h5-8,16H,3-4,9-13H2,1-2H3. The van der Waals surface area contributed by atoms with Crippen molar-refractivity contribution in [3.8, 4) is 0 Å². The first-order valence-electron chi connectivity index (χ1n) is 8.02. The third-order valence-corrected chi connectivity index (χ3v) is 4.37. The monoisotopic (exact) mass is 324 g/mol. The normalized spacial score (nSPS) is 20.0. The molecule has 0 amide bonds. The minimum absolute atomic E-state index is 0.129. The molecule has 1 saturated heterocycles. The second-order valence-electron chi connectivity index (χ2n) is 5.63. The Morgan fingerprint density at radius 1 is 1.32 bits per heavy atom. The molecule has 0 aliphatic carbocycles. The Bertz CT molecular complexity index is 495. The third kappa shape index (κ3) is 4.45. The van der Waals surface area contributed by atoms with Gasteiger partial charge in [-0.1, -0.05) is 36.7 Å². The van der Waals surface area contributed by atoms with Gasteiger partial charge in [0, 0.05) is 31.2 Å². The van der Waals surface area contributed by atoms with E-state index in [4.69, 9.17) is 16.3 Å². The van der Waals surface area contributed by atoms with Gasteiger partial charge in [-0.05, 0) is 31.5 Å². The SMILES string of the molecule is CCCN1CCN(Cc2ccccc2Cl)C(C(=O)OCC)C1. The van der Waals surface area contributed by atoms with Gasteiger partial charge in [0.1, 0.15) is 6.04 Å². The summed E-state index contributed by atoms with van der Waals surface area (Å²) >= 11 is 6.26. The summed E-state index contributed by atoms with van der Waals surface area (Å²) in [6.07, 6.45) is 1.10. The van der Waals surface area contributed by atoms with Crippen LogP contribution in [-0.4, -0.2) is 54.6 Å². The summed E-state index contributed by atoms with van der Waals surface area (Å²) in [4.78, 5) is 16.8. The number of hydrogen-bond acceptors (Lipinski definition) is 4. The maximum absolute atomic E-state index is 12.3. The second kappa shape index (κ2) is 8.51. The number of rotatable bonds is 6. The molecule has 0 N–H and O–H groups in total. The molecule has 0 saturated carbocycles. The van der Waals surface area contributed by atoms with Gasteiger partial charge in [0.05, 0.1) is 6.61 Å². The average molecular weight is 325 g/mol. The van der Waals surface area contributed by atoms with Gasteiger partial charge in [-0.25, -0.2) is 0 Å². The van der Waals surface area contributed by atoms with Crippen LogP contribution in [0.15, 0.2) is 24.3 Å². The largest absolute Gasteiger partial charge is 0.465 e. The fraction of sp³-hybridized carbons (Fsp3) is 0.588. The van der Waals surface area contributed by atoms with Crippen LogP contribution in [0.5, 0.6) is 0 Å². The molecular formula is C17H25ClN2O2. The molecule has 1 aromatic carbocycles. The van der Waals surface area contributed by atoms with E-state index >= 15 is 0 Å². The van der Waals surface area contributed by atoms with Crippen LogP contribution in [0.3, 0.4) is 0 Å². The molecule has 1 fully saturated rings. The van der Waals surface area contributed by atoms with E-state index in [0.717, 1.165) is 43.2 Å². The van der Waals surface area contributed by atoms with Crippen LogP contribution in [0.25, 0.3) is 0 Å². The Hall–Kier alpha value is -1.10. The summed E-state index contributed by atoms with van der Waals surface area (Å²) in [7, 11) is 0. The van der Waals surface area contributed by atoms with E-state index in [1.165, 1.54) is 0 Å². The molecule has 1 unspecified atom stereocenters. The van der Waals surface area contributed by atoms with Crippen molar-refractivity contribution in [2.75, 3.05) is 32.8 Å². The third-order valence-electron chi connectivity index (χ3n) is 4.01. The van der Waals surface area contributed by atoms with Gasteiger partial charge >= 0.3 is 5.97 Å². The Balaban J connectivity index is 2.10. The minimum Gasteiger partial charge on any atom is -0.465 e. The lowest BCUT2D eigenvalue weighted by Crippen LogP contribution is -2.56. The van der Waals surface area contributed by atoms with Crippen molar-refractivity contribution in [3.63, 3.8) is 0 Å². The highest BCUT2D eigenvalue weighted by Crippen LogP contribution is 2.21. The van der Waals surface area contributed by atoms with Crippen molar-refractivity contribution in [1.29, 1.82) is 0 Å². The first-order valence-corrected chi connectivity index (χ1v) is 8.40. The van der Waals surface area contributed by atoms with Crippen LogP contribution < -0.4 is 0 Å². The highest BCUT2D eigenvalue weighted by molar-refractivity contribution is 6.31. The Morgan fingerprint density at radius 2 is 2.09 bits per heavy atom. The van der Waals surface area contributed by atoms with Crippen molar-refractivity contribution in [3.05, 3.63) is 34.9 Å². The van der Waals surface area contributed by atoms with Gasteiger partial charge in [-0.2, -0.15) is 0 Å². The van der Waals surface area contributed by atoms with Crippen molar-refractivity contribution in [2.45, 2.75) is 32.9 Å². The quantitative estimate of drug-likeness (QED) is 0.753. The summed E-state index contributed by atoms with van der Waals surface area (Å²) in [6, 6.07) is 7.60. The Labute approximate surface area is 138 Å². The summed E-state index contributed by atoms with van der Waals surface area (Å²) < 4.78 is 5.27. The zero-order valence-electron chi connectivity index (χ0n) is 13.4. The van der Waals surface area contributed by atoms with E-state index in [1.54, 1.807) is 0 Å². The fourth-order valence-corrected chi connectivity index (χ4v) is 3.09. The van der Waals surface area contributed by atoms with E-state index in [1.807, 2.05) is 31.2 Å². The van der Waals surface area contributed by atoms with Crippen LogP contribution >= 0.6 is 11.6 Å². The number of ether oxygens (including phenoxy) is 1. The van der Waals surface area contributed by atoms with E-state index in [0.29, 0.717) is 13.2 Å². The van der Waals surface area contributed by atoms with Crippen LogP contribution in [0.4, 0.5) is 0 Å².